The summed E-state index contributed by atoms with van der Waals surface area (Å²) >= 11 is 6.21. The molecule has 0 bridgehead atoms. The van der Waals surface area contributed by atoms with Gasteiger partial charge in [0.25, 0.3) is 0 Å². The number of halogens is 1. The molecule has 2 atom stereocenters. The Bertz CT molecular complexity index is 871. The zero-order valence-corrected chi connectivity index (χ0v) is 16.9. The van der Waals surface area contributed by atoms with Gasteiger partial charge in [-0.05, 0) is 42.9 Å². The molecular weight excluding hydrogens is 374 g/mol. The maximum Gasteiger partial charge on any atom is 0.230 e. The number of fused-ring (bicyclic) bond motifs is 1. The van der Waals surface area contributed by atoms with E-state index in [1.54, 1.807) is 12.3 Å². The fourth-order valence-corrected chi connectivity index (χ4v) is 3.61. The predicted octanol–water partition coefficient (Wildman–Crippen LogP) is 2.76. The minimum Gasteiger partial charge on any atom is -0.378 e. The van der Waals surface area contributed by atoms with Crippen LogP contribution in [0.25, 0.3) is 0 Å². The summed E-state index contributed by atoms with van der Waals surface area (Å²) in [5.41, 5.74) is 10.3. The third-order valence-corrected chi connectivity index (χ3v) is 5.16. The number of carbonyl (C=O) groups excluding carboxylic acids is 1. The van der Waals surface area contributed by atoms with Gasteiger partial charge in [-0.15, -0.1) is 0 Å². The molecule has 5 N–H and O–H groups in total. The molecule has 3 rings (SSSR count). The average molecular weight is 400 g/mol. The van der Waals surface area contributed by atoms with Crippen LogP contribution in [-0.2, 0) is 4.79 Å². The Morgan fingerprint density at radius 3 is 2.96 bits per heavy atom. The van der Waals surface area contributed by atoms with Crippen LogP contribution in [0.5, 0.6) is 0 Å². The molecule has 28 heavy (non-hydrogen) atoms. The maximum atomic E-state index is 11.9. The highest BCUT2D eigenvalue weighted by Crippen LogP contribution is 2.27. The van der Waals surface area contributed by atoms with E-state index in [1.807, 2.05) is 31.4 Å². The van der Waals surface area contributed by atoms with E-state index in [1.165, 1.54) is 5.57 Å². The van der Waals surface area contributed by atoms with Gasteiger partial charge in [0, 0.05) is 29.9 Å². The highest BCUT2D eigenvalue weighted by Gasteiger charge is 2.29. The van der Waals surface area contributed by atoms with Crippen LogP contribution in [0, 0.1) is 5.92 Å². The lowest BCUT2D eigenvalue weighted by Gasteiger charge is -2.27. The molecule has 2 unspecified atom stereocenters. The molecule has 148 valence electrons. The zero-order valence-electron chi connectivity index (χ0n) is 16.1. The molecule has 7 heteroatoms. The highest BCUT2D eigenvalue weighted by atomic mass is 35.5. The topological polar surface area (TPSA) is 91.5 Å². The SMILES string of the molecule is CCC1=CN=C2C(=C(NC(CNC)c3cccc(Cl)c3)C1)NC=CC2C(N)=O. The number of allylic oxidation sites excluding steroid dienone is 2. The summed E-state index contributed by atoms with van der Waals surface area (Å²) in [6.07, 6.45) is 6.95. The van der Waals surface area contributed by atoms with E-state index >= 15 is 0 Å². The van der Waals surface area contributed by atoms with Crippen LogP contribution in [0.4, 0.5) is 0 Å². The lowest BCUT2D eigenvalue weighted by Crippen LogP contribution is -2.39. The minimum atomic E-state index is -0.547. The van der Waals surface area contributed by atoms with Crippen molar-refractivity contribution in [3.63, 3.8) is 0 Å². The van der Waals surface area contributed by atoms with Crippen molar-refractivity contribution in [3.8, 4) is 0 Å². The van der Waals surface area contributed by atoms with Gasteiger partial charge < -0.3 is 21.7 Å². The molecule has 0 saturated heterocycles. The first-order chi connectivity index (χ1) is 13.5. The second-order valence-electron chi connectivity index (χ2n) is 6.88. The number of benzene rings is 1. The summed E-state index contributed by atoms with van der Waals surface area (Å²) in [6, 6.07) is 7.83. The molecular formula is C21H26ClN5O. The van der Waals surface area contributed by atoms with Crippen LogP contribution in [0.1, 0.15) is 31.4 Å². The normalized spacial score (nSPS) is 19.8. The Balaban J connectivity index is 2.01. The average Bonchev–Trinajstić information content (AvgIpc) is 2.87. The number of aliphatic imine (C=N–C) groups is 1. The summed E-state index contributed by atoms with van der Waals surface area (Å²) < 4.78 is 0. The van der Waals surface area contributed by atoms with E-state index < -0.39 is 11.8 Å². The van der Waals surface area contributed by atoms with Crippen molar-refractivity contribution in [2.75, 3.05) is 13.6 Å². The minimum absolute atomic E-state index is 0.00314. The second-order valence-corrected chi connectivity index (χ2v) is 7.32. The van der Waals surface area contributed by atoms with Gasteiger partial charge in [-0.1, -0.05) is 36.7 Å². The van der Waals surface area contributed by atoms with Gasteiger partial charge in [0.05, 0.1) is 17.5 Å². The molecule has 1 aromatic carbocycles. The Morgan fingerprint density at radius 2 is 2.29 bits per heavy atom. The Hall–Kier alpha value is -2.57. The van der Waals surface area contributed by atoms with Gasteiger partial charge in [0.2, 0.25) is 5.91 Å². The highest BCUT2D eigenvalue weighted by molar-refractivity contribution is 6.30. The molecule has 6 nitrogen and oxygen atoms in total. The largest absolute Gasteiger partial charge is 0.378 e. The Kier molecular flexibility index (Phi) is 6.54. The van der Waals surface area contributed by atoms with Crippen molar-refractivity contribution in [1.82, 2.24) is 16.0 Å². The van der Waals surface area contributed by atoms with Crippen molar-refractivity contribution in [2.24, 2.45) is 16.6 Å². The van der Waals surface area contributed by atoms with Gasteiger partial charge >= 0.3 is 0 Å². The van der Waals surface area contributed by atoms with Gasteiger partial charge in [0.1, 0.15) is 5.92 Å². The van der Waals surface area contributed by atoms with Crippen LogP contribution >= 0.6 is 11.6 Å². The van der Waals surface area contributed by atoms with Crippen LogP contribution in [-0.4, -0.2) is 25.2 Å². The van der Waals surface area contributed by atoms with E-state index in [2.05, 4.69) is 33.9 Å². The molecule has 0 radical (unpaired) electrons. The number of nitrogens with zero attached hydrogens (tertiary/aromatic N) is 1. The fourth-order valence-electron chi connectivity index (χ4n) is 3.42. The zero-order chi connectivity index (χ0) is 20.1. The number of hydrogen-bond donors (Lipinski definition) is 4. The lowest BCUT2D eigenvalue weighted by atomic mass is 9.94. The molecule has 1 aromatic rings. The predicted molar refractivity (Wildman–Crippen MR) is 114 cm³/mol. The van der Waals surface area contributed by atoms with E-state index in [-0.39, 0.29) is 6.04 Å². The molecule has 2 aliphatic heterocycles. The second kappa shape index (κ2) is 9.08. The molecule has 0 aromatic heterocycles. The third kappa shape index (κ3) is 4.46. The number of primary amides is 1. The number of rotatable bonds is 7. The number of hydrogen-bond acceptors (Lipinski definition) is 5. The van der Waals surface area contributed by atoms with E-state index in [4.69, 9.17) is 17.3 Å². The summed E-state index contributed by atoms with van der Waals surface area (Å²) in [4.78, 5) is 16.5. The third-order valence-electron chi connectivity index (χ3n) is 4.93. The standard InChI is InChI=1S/C21H26ClN5O/c1-3-13-9-17(20-19(26-11-13)16(21(23)28)7-8-25-20)27-18(12-24-2)14-5-4-6-15(22)10-14/h4-8,10-11,16,18,24-25,27H,3,9,12H2,1-2H3,(H2,23,28). The summed E-state index contributed by atoms with van der Waals surface area (Å²) in [6.45, 7) is 2.81. The monoisotopic (exact) mass is 399 g/mol. The van der Waals surface area contributed by atoms with Crippen molar-refractivity contribution in [2.45, 2.75) is 25.8 Å². The quantitative estimate of drug-likeness (QED) is 0.567. The first kappa shape index (κ1) is 20.2. The van der Waals surface area contributed by atoms with Crippen LogP contribution < -0.4 is 21.7 Å². The van der Waals surface area contributed by atoms with Gasteiger partial charge in [-0.3, -0.25) is 9.79 Å². The van der Waals surface area contributed by atoms with Crippen molar-refractivity contribution in [1.29, 1.82) is 0 Å². The summed E-state index contributed by atoms with van der Waals surface area (Å²) in [5, 5.41) is 10.9. The molecule has 0 fully saturated rings. The van der Waals surface area contributed by atoms with Crippen molar-refractivity contribution < 1.29 is 4.79 Å². The molecule has 2 heterocycles. The van der Waals surface area contributed by atoms with Crippen LogP contribution in [0.3, 0.4) is 0 Å². The number of nitrogens with two attached hydrogens (primary N) is 1. The number of carbonyl (C=O) groups is 1. The van der Waals surface area contributed by atoms with Gasteiger partial charge in [-0.25, -0.2) is 0 Å². The molecule has 0 aliphatic carbocycles. The van der Waals surface area contributed by atoms with Crippen LogP contribution in [0.2, 0.25) is 5.02 Å². The number of nitrogens with one attached hydrogen (secondary N) is 3. The number of likely N-dealkylation sites (N-methyl/N-ethyl adjacent to an activating group) is 1. The number of amides is 1. The van der Waals surface area contributed by atoms with Crippen molar-refractivity contribution >= 4 is 23.2 Å². The van der Waals surface area contributed by atoms with E-state index in [0.717, 1.165) is 23.4 Å². The van der Waals surface area contributed by atoms with Gasteiger partial charge in [-0.2, -0.15) is 0 Å². The lowest BCUT2D eigenvalue weighted by molar-refractivity contribution is -0.118. The van der Waals surface area contributed by atoms with E-state index in [0.29, 0.717) is 23.7 Å². The molecule has 2 aliphatic rings. The Morgan fingerprint density at radius 1 is 1.46 bits per heavy atom. The van der Waals surface area contributed by atoms with Crippen molar-refractivity contribution in [3.05, 3.63) is 70.3 Å². The first-order valence-electron chi connectivity index (χ1n) is 9.41. The Labute approximate surface area is 170 Å². The smallest absolute Gasteiger partial charge is 0.230 e. The van der Waals surface area contributed by atoms with E-state index in [9.17, 15) is 4.79 Å². The fraction of sp³-hybridized carbons (Fsp3) is 0.333. The maximum absolute atomic E-state index is 11.9. The van der Waals surface area contributed by atoms with Gasteiger partial charge in [0.15, 0.2) is 0 Å². The first-order valence-corrected chi connectivity index (χ1v) is 9.79. The summed E-state index contributed by atoms with van der Waals surface area (Å²) in [5.74, 6) is -0.960. The molecule has 1 amide bonds. The molecule has 0 spiro atoms. The van der Waals surface area contributed by atoms with Crippen LogP contribution in [0.15, 0.2) is 64.7 Å². The summed E-state index contributed by atoms with van der Waals surface area (Å²) in [7, 11) is 1.92. The molecule has 0 saturated carbocycles.